The molecular weight excluding hydrogens is 825 g/mol. The van der Waals surface area contributed by atoms with Gasteiger partial charge in [0.1, 0.15) is 11.2 Å². The molecule has 11 aromatic carbocycles. The molecule has 0 N–H and O–H groups in total. The Morgan fingerprint density at radius 1 is 0.368 bits per heavy atom. The first-order chi connectivity index (χ1) is 33.7. The molecule has 15 rings (SSSR count). The first-order valence-electron chi connectivity index (χ1n) is 23.5. The number of aromatic nitrogens is 1. The molecule has 0 amide bonds. The number of para-hydroxylation sites is 2. The maximum absolute atomic E-state index is 6.40. The van der Waals surface area contributed by atoms with Gasteiger partial charge in [-0.2, -0.15) is 0 Å². The lowest BCUT2D eigenvalue weighted by atomic mass is 9.70. The van der Waals surface area contributed by atoms with Crippen molar-refractivity contribution in [1.82, 2.24) is 4.57 Å². The zero-order valence-electron chi connectivity index (χ0n) is 36.9. The molecule has 0 aliphatic heterocycles. The Kier molecular flexibility index (Phi) is 7.71. The molecule has 0 radical (unpaired) electrons. The predicted octanol–water partition coefficient (Wildman–Crippen LogP) is 17.3. The SMILES string of the molecule is c1ccc(-n2c3cc(-c4ccc(N(c5ccc6oc7ccccc7c6c5)c5cccc6c5-c5ccccc5C65c6ccccc6-c6ccccc65)cc4)ccc3c3ccc4ccccc4c32)cc1. The van der Waals surface area contributed by atoms with E-state index in [1.807, 2.05) is 6.07 Å². The van der Waals surface area contributed by atoms with E-state index < -0.39 is 5.41 Å². The Hall–Kier alpha value is -8.92. The lowest BCUT2D eigenvalue weighted by molar-refractivity contribution is 0.669. The van der Waals surface area contributed by atoms with E-state index in [0.29, 0.717) is 0 Å². The second-order valence-corrected chi connectivity index (χ2v) is 18.3. The van der Waals surface area contributed by atoms with Gasteiger partial charge in [-0.05, 0) is 116 Å². The van der Waals surface area contributed by atoms with Crippen molar-refractivity contribution in [1.29, 1.82) is 0 Å². The Bertz CT molecular complexity index is 4170. The van der Waals surface area contributed by atoms with Crippen molar-refractivity contribution in [3.63, 3.8) is 0 Å². The van der Waals surface area contributed by atoms with Crippen LogP contribution in [0.25, 0.3) is 93.6 Å². The largest absolute Gasteiger partial charge is 0.456 e. The minimum atomic E-state index is -0.456. The Balaban J connectivity index is 0.944. The number of nitrogens with zero attached hydrogens (tertiary/aromatic N) is 2. The fraction of sp³-hybridized carbons (Fsp3) is 0.0154. The van der Waals surface area contributed by atoms with E-state index >= 15 is 0 Å². The lowest BCUT2D eigenvalue weighted by Crippen LogP contribution is -2.26. The van der Waals surface area contributed by atoms with Crippen molar-refractivity contribution < 1.29 is 4.42 Å². The third-order valence-electron chi connectivity index (χ3n) is 15.0. The average molecular weight is 865 g/mol. The Morgan fingerprint density at radius 2 is 0.971 bits per heavy atom. The first-order valence-corrected chi connectivity index (χ1v) is 23.5. The standard InChI is InChI=1S/C65H40N2O/c1-2-16-44(17-3-1)67-60-39-43(32-36-50(60)52-37-31-42-15-4-5-18-47(42)64(52)67)41-29-33-45(34-30-41)66(46-35-38-62-54(40-46)51-21-9-13-28-61(51)68-62)59-27-14-26-58-63(59)53-22-8-12-25-57(53)65(58)55-23-10-6-19-48(55)49-20-7-11-24-56(49)65/h1-40H. The van der Waals surface area contributed by atoms with Crippen molar-refractivity contribution >= 4 is 71.6 Å². The smallest absolute Gasteiger partial charge is 0.135 e. The van der Waals surface area contributed by atoms with Crippen LogP contribution in [-0.4, -0.2) is 4.57 Å². The second-order valence-electron chi connectivity index (χ2n) is 18.3. The van der Waals surface area contributed by atoms with Crippen LogP contribution in [0.4, 0.5) is 17.1 Å². The molecule has 3 heteroatoms. The lowest BCUT2D eigenvalue weighted by Gasteiger charge is -2.31. The van der Waals surface area contributed by atoms with E-state index in [0.717, 1.165) is 50.3 Å². The zero-order chi connectivity index (χ0) is 44.5. The normalized spacial score (nSPS) is 13.1. The molecule has 0 atom stereocenters. The predicted molar refractivity (Wildman–Crippen MR) is 282 cm³/mol. The van der Waals surface area contributed by atoms with Crippen molar-refractivity contribution in [2.75, 3.05) is 4.90 Å². The number of furan rings is 1. The molecular formula is C65H40N2O. The molecule has 2 aliphatic carbocycles. The van der Waals surface area contributed by atoms with Gasteiger partial charge in [-0.15, -0.1) is 0 Å². The van der Waals surface area contributed by atoms with Gasteiger partial charge in [0.25, 0.3) is 0 Å². The van der Waals surface area contributed by atoms with Gasteiger partial charge in [0.05, 0.1) is 22.1 Å². The van der Waals surface area contributed by atoms with Gasteiger partial charge in [-0.3, -0.25) is 0 Å². The molecule has 68 heavy (non-hydrogen) atoms. The van der Waals surface area contributed by atoms with Crippen molar-refractivity contribution in [2.24, 2.45) is 0 Å². The highest BCUT2D eigenvalue weighted by Gasteiger charge is 2.52. The highest BCUT2D eigenvalue weighted by atomic mass is 16.3. The summed E-state index contributed by atoms with van der Waals surface area (Å²) < 4.78 is 8.85. The van der Waals surface area contributed by atoms with Crippen LogP contribution >= 0.6 is 0 Å². The average Bonchev–Trinajstić information content (AvgIpc) is 4.13. The Labute approximate surface area is 393 Å². The maximum Gasteiger partial charge on any atom is 0.135 e. The summed E-state index contributed by atoms with van der Waals surface area (Å²) in [4.78, 5) is 2.47. The molecule has 2 aliphatic rings. The van der Waals surface area contributed by atoms with Crippen LogP contribution in [0.15, 0.2) is 247 Å². The molecule has 2 aromatic heterocycles. The summed E-state index contributed by atoms with van der Waals surface area (Å²) in [6, 6.07) is 89.3. The van der Waals surface area contributed by atoms with E-state index in [1.54, 1.807) is 0 Å². The van der Waals surface area contributed by atoms with Crippen molar-refractivity contribution in [3.8, 4) is 39.1 Å². The van der Waals surface area contributed by atoms with Crippen LogP contribution in [0.3, 0.4) is 0 Å². The van der Waals surface area contributed by atoms with Gasteiger partial charge in [0, 0.05) is 49.6 Å². The topological polar surface area (TPSA) is 21.3 Å². The minimum Gasteiger partial charge on any atom is -0.456 e. The van der Waals surface area contributed by atoms with Gasteiger partial charge in [-0.25, -0.2) is 0 Å². The van der Waals surface area contributed by atoms with Crippen LogP contribution in [-0.2, 0) is 5.41 Å². The fourth-order valence-corrected chi connectivity index (χ4v) is 12.2. The molecule has 316 valence electrons. The number of hydrogen-bond acceptors (Lipinski definition) is 2. The number of fused-ring (bicyclic) bond motifs is 18. The summed E-state index contributed by atoms with van der Waals surface area (Å²) in [5.74, 6) is 0. The van der Waals surface area contributed by atoms with Gasteiger partial charge < -0.3 is 13.9 Å². The summed E-state index contributed by atoms with van der Waals surface area (Å²) >= 11 is 0. The Morgan fingerprint density at radius 3 is 1.76 bits per heavy atom. The third kappa shape index (κ3) is 5.02. The van der Waals surface area contributed by atoms with E-state index in [1.165, 1.54) is 82.6 Å². The van der Waals surface area contributed by atoms with E-state index in [2.05, 4.69) is 246 Å². The second kappa shape index (κ2) is 14.0. The number of benzene rings is 11. The molecule has 2 heterocycles. The third-order valence-corrected chi connectivity index (χ3v) is 15.0. The quantitative estimate of drug-likeness (QED) is 0.172. The maximum atomic E-state index is 6.40. The molecule has 0 bridgehead atoms. The van der Waals surface area contributed by atoms with Gasteiger partial charge in [0.2, 0.25) is 0 Å². The monoisotopic (exact) mass is 864 g/mol. The summed E-state index contributed by atoms with van der Waals surface area (Å²) in [5, 5.41) is 7.19. The van der Waals surface area contributed by atoms with Crippen molar-refractivity contribution in [2.45, 2.75) is 5.41 Å². The minimum absolute atomic E-state index is 0.456. The number of hydrogen-bond donors (Lipinski definition) is 0. The van der Waals surface area contributed by atoms with E-state index in [9.17, 15) is 0 Å². The molecule has 1 spiro atoms. The number of rotatable bonds is 5. The van der Waals surface area contributed by atoms with Crippen LogP contribution in [0.1, 0.15) is 22.3 Å². The van der Waals surface area contributed by atoms with Crippen LogP contribution in [0.2, 0.25) is 0 Å². The molecule has 0 saturated carbocycles. The fourth-order valence-electron chi connectivity index (χ4n) is 12.2. The van der Waals surface area contributed by atoms with Crippen LogP contribution in [0, 0.1) is 0 Å². The first kappa shape index (κ1) is 37.3. The van der Waals surface area contributed by atoms with Crippen LogP contribution in [0.5, 0.6) is 0 Å². The van der Waals surface area contributed by atoms with Crippen LogP contribution < -0.4 is 4.90 Å². The summed E-state index contributed by atoms with van der Waals surface area (Å²) in [6.07, 6.45) is 0. The van der Waals surface area contributed by atoms with Gasteiger partial charge in [-0.1, -0.05) is 182 Å². The van der Waals surface area contributed by atoms with E-state index in [4.69, 9.17) is 4.42 Å². The summed E-state index contributed by atoms with van der Waals surface area (Å²) in [7, 11) is 0. The number of anilines is 3. The van der Waals surface area contributed by atoms with E-state index in [-0.39, 0.29) is 0 Å². The van der Waals surface area contributed by atoms with Gasteiger partial charge >= 0.3 is 0 Å². The highest BCUT2D eigenvalue weighted by Crippen LogP contribution is 2.64. The highest BCUT2D eigenvalue weighted by molar-refractivity contribution is 6.19. The summed E-state index contributed by atoms with van der Waals surface area (Å²) in [5.41, 5.74) is 20.9. The molecule has 0 fully saturated rings. The van der Waals surface area contributed by atoms with Gasteiger partial charge in [0.15, 0.2) is 0 Å². The molecule has 0 unspecified atom stereocenters. The zero-order valence-corrected chi connectivity index (χ0v) is 36.9. The van der Waals surface area contributed by atoms with Crippen molar-refractivity contribution in [3.05, 3.63) is 265 Å². The summed E-state index contributed by atoms with van der Waals surface area (Å²) in [6.45, 7) is 0. The molecule has 3 nitrogen and oxygen atoms in total. The molecule has 0 saturated heterocycles. The molecule has 13 aromatic rings.